The second-order valence-electron chi connectivity index (χ2n) is 7.95. The number of fused-ring (bicyclic) bond motifs is 3. The lowest BCUT2D eigenvalue weighted by atomic mass is 9.83. The van der Waals surface area contributed by atoms with Crippen molar-refractivity contribution in [2.45, 2.75) is 38.5 Å². The number of ketones is 1. The highest BCUT2D eigenvalue weighted by molar-refractivity contribution is 5.97. The molecule has 0 saturated carbocycles. The van der Waals surface area contributed by atoms with Crippen molar-refractivity contribution in [1.82, 2.24) is 19.8 Å². The van der Waals surface area contributed by atoms with Gasteiger partial charge in [0.15, 0.2) is 17.1 Å². The first-order valence-electron chi connectivity index (χ1n) is 10.0. The van der Waals surface area contributed by atoms with E-state index in [2.05, 4.69) is 48.3 Å². The Bertz CT molecular complexity index is 1200. The number of benzene rings is 2. The van der Waals surface area contributed by atoms with Gasteiger partial charge in [0, 0.05) is 6.42 Å². The van der Waals surface area contributed by atoms with Crippen molar-refractivity contribution in [2.24, 2.45) is 0 Å². The first-order valence-corrected chi connectivity index (χ1v) is 10.0. The Hall–Kier alpha value is -3.34. The first-order chi connectivity index (χ1) is 14.1. The van der Waals surface area contributed by atoms with Gasteiger partial charge in [-0.25, -0.2) is 4.52 Å². The summed E-state index contributed by atoms with van der Waals surface area (Å²) in [7, 11) is 0. The number of rotatable bonds is 3. The zero-order chi connectivity index (χ0) is 20.0. The van der Waals surface area contributed by atoms with Crippen LogP contribution in [0.25, 0.3) is 16.8 Å². The highest BCUT2D eigenvalue weighted by Gasteiger charge is 2.32. The van der Waals surface area contributed by atoms with E-state index in [1.54, 1.807) is 0 Å². The molecule has 0 fully saturated rings. The molecule has 144 valence electrons. The molecule has 5 rings (SSSR count). The molecular weight excluding hydrogens is 360 g/mol. The topological polar surface area (TPSA) is 60.1 Å². The standard InChI is InChI=1S/C24H22N4O/c1-15(2)22-21(17-11-7-4-8-12-17)24-26-25-23-19(28(24)27-22)13-18(14-20(23)29)16-9-5-3-6-10-16/h3-12,15,18H,13-14H2,1-2H3/t18-/m0/s1. The van der Waals surface area contributed by atoms with Crippen molar-refractivity contribution in [3.8, 4) is 11.1 Å². The summed E-state index contributed by atoms with van der Waals surface area (Å²) in [6, 6.07) is 20.4. The molecule has 2 aromatic carbocycles. The molecule has 0 saturated heterocycles. The number of hydrogen-bond donors (Lipinski definition) is 0. The molecule has 0 bridgehead atoms. The Morgan fingerprint density at radius 3 is 2.31 bits per heavy atom. The van der Waals surface area contributed by atoms with E-state index in [0.717, 1.165) is 34.6 Å². The number of hydrogen-bond acceptors (Lipinski definition) is 4. The van der Waals surface area contributed by atoms with Gasteiger partial charge in [0.05, 0.1) is 17.0 Å². The predicted molar refractivity (Wildman–Crippen MR) is 112 cm³/mol. The fourth-order valence-electron chi connectivity index (χ4n) is 4.23. The first kappa shape index (κ1) is 17.7. The van der Waals surface area contributed by atoms with Crippen molar-refractivity contribution in [3.05, 3.63) is 83.3 Å². The summed E-state index contributed by atoms with van der Waals surface area (Å²) < 4.78 is 1.87. The van der Waals surface area contributed by atoms with Crippen LogP contribution in [0.15, 0.2) is 60.7 Å². The summed E-state index contributed by atoms with van der Waals surface area (Å²) >= 11 is 0. The van der Waals surface area contributed by atoms with Crippen LogP contribution < -0.4 is 0 Å². The number of aromatic nitrogens is 4. The van der Waals surface area contributed by atoms with Gasteiger partial charge < -0.3 is 0 Å². The number of Topliss-reactive ketones (excluding diaryl/α,β-unsaturated/α-hetero) is 1. The maximum Gasteiger partial charge on any atom is 0.185 e. The Kier molecular flexibility index (Phi) is 4.23. The molecule has 0 amide bonds. The van der Waals surface area contributed by atoms with Gasteiger partial charge in [-0.2, -0.15) is 5.10 Å². The molecule has 0 radical (unpaired) electrons. The summed E-state index contributed by atoms with van der Waals surface area (Å²) in [6.07, 6.45) is 1.19. The summed E-state index contributed by atoms with van der Waals surface area (Å²) in [5, 5.41) is 13.7. The minimum atomic E-state index is 0.0392. The maximum absolute atomic E-state index is 12.9. The predicted octanol–water partition coefficient (Wildman–Crippen LogP) is 4.83. The average molecular weight is 382 g/mol. The van der Waals surface area contributed by atoms with Crippen LogP contribution in [0.3, 0.4) is 0 Å². The van der Waals surface area contributed by atoms with Crippen LogP contribution in [0.2, 0.25) is 0 Å². The normalized spacial score (nSPS) is 16.4. The fraction of sp³-hybridized carbons (Fsp3) is 0.250. The average Bonchev–Trinajstić information content (AvgIpc) is 3.15. The molecule has 1 aliphatic rings. The van der Waals surface area contributed by atoms with E-state index >= 15 is 0 Å². The molecule has 2 heterocycles. The van der Waals surface area contributed by atoms with Crippen LogP contribution in [0.5, 0.6) is 0 Å². The molecule has 1 aliphatic carbocycles. The molecular formula is C24H22N4O. The van der Waals surface area contributed by atoms with Crippen LogP contribution in [0, 0.1) is 0 Å². The van der Waals surface area contributed by atoms with Gasteiger partial charge in [0.25, 0.3) is 0 Å². The van der Waals surface area contributed by atoms with E-state index < -0.39 is 0 Å². The second kappa shape index (κ2) is 6.92. The number of carbonyl (C=O) groups excluding carboxylic acids is 1. The summed E-state index contributed by atoms with van der Waals surface area (Å²) in [6.45, 7) is 4.26. The Morgan fingerprint density at radius 1 is 0.931 bits per heavy atom. The lowest BCUT2D eigenvalue weighted by Gasteiger charge is -2.23. The third-order valence-electron chi connectivity index (χ3n) is 5.68. The monoisotopic (exact) mass is 382 g/mol. The molecule has 0 N–H and O–H groups in total. The zero-order valence-electron chi connectivity index (χ0n) is 16.5. The lowest BCUT2D eigenvalue weighted by Crippen LogP contribution is -2.24. The van der Waals surface area contributed by atoms with E-state index in [1.807, 2.05) is 40.9 Å². The van der Waals surface area contributed by atoms with Crippen molar-refractivity contribution in [2.75, 3.05) is 0 Å². The fourth-order valence-corrected chi connectivity index (χ4v) is 4.23. The van der Waals surface area contributed by atoms with Gasteiger partial charge in [0.2, 0.25) is 0 Å². The van der Waals surface area contributed by atoms with Crippen LogP contribution in [0.1, 0.15) is 59.5 Å². The molecule has 4 aromatic rings. The second-order valence-corrected chi connectivity index (χ2v) is 7.95. The van der Waals surface area contributed by atoms with Gasteiger partial charge in [-0.3, -0.25) is 4.79 Å². The molecule has 29 heavy (non-hydrogen) atoms. The SMILES string of the molecule is CC(C)c1nn2c3c(nnc2c1-c1ccccc1)C(=O)C[C@@H](c1ccccc1)C3. The van der Waals surface area contributed by atoms with Crippen molar-refractivity contribution in [1.29, 1.82) is 0 Å². The van der Waals surface area contributed by atoms with Crippen LogP contribution in [-0.4, -0.2) is 25.6 Å². The molecule has 2 aromatic heterocycles. The smallest absolute Gasteiger partial charge is 0.185 e. The quantitative estimate of drug-likeness (QED) is 0.509. The van der Waals surface area contributed by atoms with E-state index in [9.17, 15) is 4.79 Å². The zero-order valence-corrected chi connectivity index (χ0v) is 16.5. The van der Waals surface area contributed by atoms with E-state index in [-0.39, 0.29) is 17.6 Å². The molecule has 0 aliphatic heterocycles. The maximum atomic E-state index is 12.9. The number of carbonyl (C=O) groups is 1. The van der Waals surface area contributed by atoms with Gasteiger partial charge >= 0.3 is 0 Å². The summed E-state index contributed by atoms with van der Waals surface area (Å²) in [5.41, 5.74) is 6.28. The van der Waals surface area contributed by atoms with Crippen molar-refractivity contribution >= 4 is 11.4 Å². The van der Waals surface area contributed by atoms with E-state index in [4.69, 9.17) is 5.10 Å². The van der Waals surface area contributed by atoms with Crippen LogP contribution in [0.4, 0.5) is 0 Å². The van der Waals surface area contributed by atoms with Gasteiger partial charge in [-0.15, -0.1) is 10.2 Å². The van der Waals surface area contributed by atoms with Gasteiger partial charge in [0.1, 0.15) is 0 Å². The largest absolute Gasteiger partial charge is 0.292 e. The Balaban J connectivity index is 1.72. The van der Waals surface area contributed by atoms with Crippen molar-refractivity contribution < 1.29 is 4.79 Å². The third-order valence-corrected chi connectivity index (χ3v) is 5.68. The van der Waals surface area contributed by atoms with E-state index in [1.165, 1.54) is 5.56 Å². The molecule has 1 atom stereocenters. The van der Waals surface area contributed by atoms with Crippen LogP contribution in [-0.2, 0) is 6.42 Å². The minimum absolute atomic E-state index is 0.0392. The minimum Gasteiger partial charge on any atom is -0.292 e. The highest BCUT2D eigenvalue weighted by atomic mass is 16.1. The third kappa shape index (κ3) is 2.94. The summed E-state index contributed by atoms with van der Waals surface area (Å²) in [5.74, 6) is 0.402. The molecule has 5 heteroatoms. The molecule has 5 nitrogen and oxygen atoms in total. The molecule has 0 unspecified atom stereocenters. The Labute approximate surface area is 169 Å². The van der Waals surface area contributed by atoms with Gasteiger partial charge in [-0.05, 0) is 29.4 Å². The van der Waals surface area contributed by atoms with Gasteiger partial charge in [-0.1, -0.05) is 74.5 Å². The van der Waals surface area contributed by atoms with E-state index in [0.29, 0.717) is 12.1 Å². The molecule has 0 spiro atoms. The van der Waals surface area contributed by atoms with Crippen molar-refractivity contribution in [3.63, 3.8) is 0 Å². The lowest BCUT2D eigenvalue weighted by molar-refractivity contribution is 0.0955. The van der Waals surface area contributed by atoms with Crippen LogP contribution >= 0.6 is 0 Å². The number of nitrogens with zero attached hydrogens (tertiary/aromatic N) is 4. The Morgan fingerprint density at radius 2 is 1.62 bits per heavy atom. The highest BCUT2D eigenvalue weighted by Crippen LogP contribution is 2.36. The summed E-state index contributed by atoms with van der Waals surface area (Å²) in [4.78, 5) is 12.9.